The van der Waals surface area contributed by atoms with Crippen LogP contribution in [0.15, 0.2) is 72.8 Å². The fraction of sp³-hybridized carbons (Fsp3) is 0.235. The highest BCUT2D eigenvalue weighted by atomic mass is 14.0. The smallest absolute Gasteiger partial charge is 0.0249 e. The lowest BCUT2D eigenvalue weighted by Crippen LogP contribution is -1.80. The molecule has 3 rings (SSSR count). The van der Waals surface area contributed by atoms with Crippen molar-refractivity contribution in [2.45, 2.75) is 55.4 Å². The Morgan fingerprint density at radius 3 is 0.588 bits per heavy atom. The summed E-state index contributed by atoms with van der Waals surface area (Å²) in [7, 11) is 0. The first-order chi connectivity index (χ1) is 16.8. The Morgan fingerprint density at radius 1 is 0.294 bits per heavy atom. The lowest BCUT2D eigenvalue weighted by atomic mass is 10.1. The van der Waals surface area contributed by atoms with Crippen LogP contribution >= 0.6 is 0 Å². The highest BCUT2D eigenvalue weighted by molar-refractivity contribution is 5.49. The third-order valence-electron chi connectivity index (χ3n) is 3.90. The number of rotatable bonds is 0. The molecule has 0 aliphatic carbocycles. The van der Waals surface area contributed by atoms with Crippen LogP contribution in [0.25, 0.3) is 0 Å². The summed E-state index contributed by atoms with van der Waals surface area (Å²) in [6.07, 6.45) is 0. The zero-order chi connectivity index (χ0) is 25.6. The highest BCUT2D eigenvalue weighted by Crippen LogP contribution is 2.06. The van der Waals surface area contributed by atoms with Crippen LogP contribution in [0.3, 0.4) is 0 Å². The van der Waals surface area contributed by atoms with Gasteiger partial charge >= 0.3 is 0 Å². The first kappa shape index (κ1) is 29.9. The summed E-state index contributed by atoms with van der Waals surface area (Å²) in [5.74, 6) is 24.6. The molecule has 0 heterocycles. The number of hydrogen-bond donors (Lipinski definition) is 0. The molecule has 0 heteroatoms. The molecule has 3 aromatic carbocycles. The van der Waals surface area contributed by atoms with Gasteiger partial charge in [0.25, 0.3) is 0 Å². The molecule has 0 unspecified atom stereocenters. The van der Waals surface area contributed by atoms with Crippen LogP contribution in [-0.2, 0) is 0 Å². The fourth-order valence-corrected chi connectivity index (χ4v) is 2.49. The molecule has 0 aromatic heterocycles. The molecule has 0 atom stereocenters. The van der Waals surface area contributed by atoms with Crippen molar-refractivity contribution in [2.75, 3.05) is 0 Å². The van der Waals surface area contributed by atoms with Crippen molar-refractivity contribution < 1.29 is 0 Å². The minimum atomic E-state index is 0.963. The Morgan fingerprint density at radius 2 is 0.441 bits per heavy atom. The van der Waals surface area contributed by atoms with Crippen molar-refractivity contribution >= 4 is 0 Å². The maximum Gasteiger partial charge on any atom is 0.0249 e. The molecule has 3 aromatic rings. The van der Waals surface area contributed by atoms with Gasteiger partial charge in [0.15, 0.2) is 0 Å². The van der Waals surface area contributed by atoms with E-state index < -0.39 is 0 Å². The van der Waals surface area contributed by atoms with Crippen LogP contribution in [0.4, 0.5) is 0 Å². The Balaban J connectivity index is 0.00000168. The predicted octanol–water partition coefficient (Wildman–Crippen LogP) is 8.31. The van der Waals surface area contributed by atoms with Gasteiger partial charge in [-0.05, 0) is 86.6 Å². The van der Waals surface area contributed by atoms with Crippen molar-refractivity contribution in [2.24, 2.45) is 0 Å². The largest absolute Gasteiger partial charge is 0.101 e. The lowest BCUT2D eigenvalue weighted by Gasteiger charge is -1.94. The van der Waals surface area contributed by atoms with Gasteiger partial charge in [-0.15, -0.1) is 11.8 Å². The van der Waals surface area contributed by atoms with Gasteiger partial charge in [-0.3, -0.25) is 0 Å². The zero-order valence-corrected chi connectivity index (χ0v) is 21.9. The van der Waals surface area contributed by atoms with Crippen LogP contribution in [0.5, 0.6) is 0 Å². The summed E-state index contributed by atoms with van der Waals surface area (Å²) in [6.45, 7) is 15.7. The Bertz CT molecular complexity index is 1090. The minimum Gasteiger partial charge on any atom is -0.101 e. The summed E-state index contributed by atoms with van der Waals surface area (Å²) < 4.78 is 0. The van der Waals surface area contributed by atoms with Crippen LogP contribution < -0.4 is 0 Å². The van der Waals surface area contributed by atoms with E-state index in [0.717, 1.165) is 33.4 Å². The van der Waals surface area contributed by atoms with E-state index in [1.54, 1.807) is 0 Å². The quantitative estimate of drug-likeness (QED) is 0.306. The molecule has 0 aliphatic heterocycles. The van der Waals surface area contributed by atoms with Gasteiger partial charge in [-0.1, -0.05) is 77.1 Å². The zero-order valence-electron chi connectivity index (χ0n) is 21.9. The van der Waals surface area contributed by atoms with Crippen molar-refractivity contribution in [3.63, 3.8) is 0 Å². The summed E-state index contributed by atoms with van der Waals surface area (Å²) in [6, 6.07) is 23.9. The Hall–Kier alpha value is -4.10. The van der Waals surface area contributed by atoms with E-state index in [0.29, 0.717) is 0 Å². The van der Waals surface area contributed by atoms with E-state index in [4.69, 9.17) is 0 Å². The predicted molar refractivity (Wildman–Crippen MR) is 150 cm³/mol. The van der Waals surface area contributed by atoms with E-state index in [1.165, 1.54) is 0 Å². The molecule has 0 fully saturated rings. The molecule has 34 heavy (non-hydrogen) atoms. The molecule has 172 valence electrons. The standard InChI is InChI=1S/C28H18.3C2H6/c1-3-5-23-7-11-25(12-8-23)15-17-27-19-21-28(22-20-27)18-16-26-13-9-24(6-4-2)10-14-26;3*1-2/h7-14,19-22H,1-2H3;3*1-2H3. The normalized spacial score (nSPS) is 7.65. The topological polar surface area (TPSA) is 0 Å². The van der Waals surface area contributed by atoms with E-state index in [9.17, 15) is 0 Å². The molecule has 0 nitrogen and oxygen atoms in total. The average Bonchev–Trinajstić information content (AvgIpc) is 2.92. The van der Waals surface area contributed by atoms with Gasteiger partial charge in [0.1, 0.15) is 0 Å². The van der Waals surface area contributed by atoms with Crippen molar-refractivity contribution in [3.05, 3.63) is 106 Å². The first-order valence-electron chi connectivity index (χ1n) is 12.0. The molecule has 0 amide bonds. The van der Waals surface area contributed by atoms with E-state index >= 15 is 0 Å². The van der Waals surface area contributed by atoms with E-state index in [2.05, 4.69) is 47.4 Å². The third-order valence-corrected chi connectivity index (χ3v) is 3.90. The van der Waals surface area contributed by atoms with Crippen LogP contribution in [0.2, 0.25) is 0 Å². The third kappa shape index (κ3) is 11.5. The molecular weight excluding hydrogens is 408 g/mol. The summed E-state index contributed by atoms with van der Waals surface area (Å²) >= 11 is 0. The van der Waals surface area contributed by atoms with Gasteiger partial charge in [0, 0.05) is 33.4 Å². The molecular formula is C34H36. The summed E-state index contributed by atoms with van der Waals surface area (Å²) in [4.78, 5) is 0. The Kier molecular flexibility index (Phi) is 17.2. The van der Waals surface area contributed by atoms with Crippen molar-refractivity contribution in [1.82, 2.24) is 0 Å². The highest BCUT2D eigenvalue weighted by Gasteiger charge is 1.92. The summed E-state index contributed by atoms with van der Waals surface area (Å²) in [5.41, 5.74) is 5.88. The molecule has 0 saturated heterocycles. The van der Waals surface area contributed by atoms with Gasteiger partial charge in [0.2, 0.25) is 0 Å². The van der Waals surface area contributed by atoms with Gasteiger partial charge in [-0.25, -0.2) is 0 Å². The molecule has 0 N–H and O–H groups in total. The maximum absolute atomic E-state index is 3.18. The van der Waals surface area contributed by atoms with Gasteiger partial charge < -0.3 is 0 Å². The SMILES string of the molecule is CC.CC.CC.CC#Cc1ccc(C#Cc2ccc(C#Cc3ccc(C#CC)cc3)cc2)cc1. The number of benzene rings is 3. The first-order valence-corrected chi connectivity index (χ1v) is 12.0. The summed E-state index contributed by atoms with van der Waals surface area (Å²) in [5, 5.41) is 0. The van der Waals surface area contributed by atoms with E-state index in [1.807, 2.05) is 128 Å². The van der Waals surface area contributed by atoms with Crippen molar-refractivity contribution in [3.8, 4) is 47.4 Å². The fourth-order valence-electron chi connectivity index (χ4n) is 2.49. The second-order valence-electron chi connectivity index (χ2n) is 5.98. The van der Waals surface area contributed by atoms with Crippen LogP contribution in [0, 0.1) is 47.4 Å². The molecule has 0 radical (unpaired) electrons. The molecule has 0 bridgehead atoms. The number of hydrogen-bond acceptors (Lipinski definition) is 0. The second-order valence-corrected chi connectivity index (χ2v) is 5.98. The molecule has 0 aliphatic rings. The van der Waals surface area contributed by atoms with Gasteiger partial charge in [0.05, 0.1) is 0 Å². The molecule has 0 saturated carbocycles. The van der Waals surface area contributed by atoms with Crippen molar-refractivity contribution in [1.29, 1.82) is 0 Å². The second kappa shape index (κ2) is 19.6. The van der Waals surface area contributed by atoms with Crippen LogP contribution in [-0.4, -0.2) is 0 Å². The lowest BCUT2D eigenvalue weighted by molar-refractivity contribution is 1.50. The maximum atomic E-state index is 3.18. The molecule has 0 spiro atoms. The minimum absolute atomic E-state index is 0.963. The van der Waals surface area contributed by atoms with Crippen LogP contribution in [0.1, 0.15) is 88.8 Å². The average molecular weight is 445 g/mol. The monoisotopic (exact) mass is 444 g/mol. The van der Waals surface area contributed by atoms with Gasteiger partial charge in [-0.2, -0.15) is 0 Å². The Labute approximate surface area is 208 Å². The van der Waals surface area contributed by atoms with E-state index in [-0.39, 0.29) is 0 Å².